The van der Waals surface area contributed by atoms with E-state index < -0.39 is 6.04 Å². The fourth-order valence-electron chi connectivity index (χ4n) is 3.17. The first-order valence-electron chi connectivity index (χ1n) is 9.40. The molecule has 0 unspecified atom stereocenters. The van der Waals surface area contributed by atoms with E-state index in [1.807, 2.05) is 28.4 Å². The van der Waals surface area contributed by atoms with Crippen molar-refractivity contribution in [2.45, 2.75) is 24.9 Å². The Morgan fingerprint density at radius 3 is 2.76 bits per heavy atom. The van der Waals surface area contributed by atoms with Crippen molar-refractivity contribution in [1.29, 1.82) is 0 Å². The molecule has 3 N–H and O–H groups in total. The second kappa shape index (κ2) is 7.41. The smallest absolute Gasteiger partial charge is 0.225 e. The van der Waals surface area contributed by atoms with E-state index in [-0.39, 0.29) is 12.4 Å². The molecule has 0 aliphatic heterocycles. The largest absolute Gasteiger partial charge is 0.394 e. The van der Waals surface area contributed by atoms with Crippen LogP contribution in [0.15, 0.2) is 48.0 Å². The lowest BCUT2D eigenvalue weighted by Crippen LogP contribution is -2.17. The molecule has 3 heterocycles. The van der Waals surface area contributed by atoms with Crippen LogP contribution in [0.1, 0.15) is 30.5 Å². The molecule has 9 heteroatoms. The quantitative estimate of drug-likeness (QED) is 0.422. The lowest BCUT2D eigenvalue weighted by atomic mass is 10.1. The van der Waals surface area contributed by atoms with E-state index in [0.717, 1.165) is 21.6 Å². The van der Waals surface area contributed by atoms with Crippen molar-refractivity contribution in [3.05, 3.63) is 59.4 Å². The van der Waals surface area contributed by atoms with Gasteiger partial charge in [0, 0.05) is 12.3 Å². The van der Waals surface area contributed by atoms with Crippen molar-refractivity contribution in [2.75, 3.05) is 17.2 Å². The zero-order chi connectivity index (χ0) is 19.8. The van der Waals surface area contributed by atoms with Crippen molar-refractivity contribution in [3.8, 4) is 0 Å². The van der Waals surface area contributed by atoms with Crippen molar-refractivity contribution in [2.24, 2.45) is 0 Å². The Hall–Kier alpha value is -3.04. The molecule has 0 saturated heterocycles. The average Bonchev–Trinajstić information content (AvgIpc) is 3.28. The maximum Gasteiger partial charge on any atom is 0.225 e. The summed E-state index contributed by atoms with van der Waals surface area (Å²) in [4.78, 5) is 9.16. The highest BCUT2D eigenvalue weighted by Gasteiger charge is 2.24. The van der Waals surface area contributed by atoms with Crippen molar-refractivity contribution in [1.82, 2.24) is 19.7 Å². The topological polar surface area (TPSA) is 87.9 Å². The summed E-state index contributed by atoms with van der Waals surface area (Å²) in [6.07, 6.45) is 4.32. The molecular formula is C20H19FN6OS. The summed E-state index contributed by atoms with van der Waals surface area (Å²) in [6.45, 7) is -0.175. The number of fused-ring (bicyclic) bond motifs is 1. The van der Waals surface area contributed by atoms with Crippen LogP contribution in [-0.2, 0) is 0 Å². The van der Waals surface area contributed by atoms with E-state index in [4.69, 9.17) is 0 Å². The molecule has 3 aromatic heterocycles. The van der Waals surface area contributed by atoms with Gasteiger partial charge in [-0.3, -0.25) is 4.68 Å². The van der Waals surface area contributed by atoms with Crippen molar-refractivity contribution in [3.63, 3.8) is 0 Å². The number of rotatable bonds is 7. The molecule has 148 valence electrons. The molecule has 4 aromatic rings. The monoisotopic (exact) mass is 410 g/mol. The van der Waals surface area contributed by atoms with Gasteiger partial charge in [-0.1, -0.05) is 12.1 Å². The minimum absolute atomic E-state index is 0.175. The van der Waals surface area contributed by atoms with Crippen molar-refractivity contribution >= 4 is 39.1 Å². The number of hydrogen-bond donors (Lipinski definition) is 3. The third-order valence-electron chi connectivity index (χ3n) is 4.84. The Morgan fingerprint density at radius 2 is 2.00 bits per heavy atom. The summed E-state index contributed by atoms with van der Waals surface area (Å²) >= 11 is 1.55. The Bertz CT molecular complexity index is 1140. The third kappa shape index (κ3) is 3.79. The van der Waals surface area contributed by atoms with Gasteiger partial charge in [-0.15, -0.1) is 11.3 Å². The summed E-state index contributed by atoms with van der Waals surface area (Å²) in [5.74, 6) is 1.44. The second-order valence-electron chi connectivity index (χ2n) is 7.00. The van der Waals surface area contributed by atoms with Crippen LogP contribution in [0, 0.1) is 5.82 Å². The summed E-state index contributed by atoms with van der Waals surface area (Å²) in [6, 6.07) is 9.92. The molecule has 1 aliphatic rings. The molecule has 5 rings (SSSR count). The van der Waals surface area contributed by atoms with E-state index in [9.17, 15) is 9.50 Å². The molecule has 1 fully saturated rings. The number of thiophene rings is 1. The maximum atomic E-state index is 13.2. The molecule has 1 atom stereocenters. The lowest BCUT2D eigenvalue weighted by molar-refractivity contribution is 0.276. The van der Waals surface area contributed by atoms with Crippen LogP contribution < -0.4 is 10.6 Å². The van der Waals surface area contributed by atoms with Crippen molar-refractivity contribution < 1.29 is 9.50 Å². The van der Waals surface area contributed by atoms with Gasteiger partial charge in [0.15, 0.2) is 11.6 Å². The van der Waals surface area contributed by atoms with Gasteiger partial charge in [0.25, 0.3) is 0 Å². The standard InChI is InChI=1S/C20H19FN6OS/c21-13-3-1-12(2-4-13)16(11-28)23-20-22-15-8-10-29-18(15)19(25-20)24-17-7-9-27(26-17)14-5-6-14/h1-4,7-10,14,16,28H,5-6,11H2,(H2,22,23,24,25,26)/t16-/m0/s1. The molecule has 1 saturated carbocycles. The summed E-state index contributed by atoms with van der Waals surface area (Å²) in [7, 11) is 0. The number of aliphatic hydroxyl groups excluding tert-OH is 1. The number of aromatic nitrogens is 4. The van der Waals surface area contributed by atoms with Crippen LogP contribution in [0.25, 0.3) is 10.2 Å². The molecular weight excluding hydrogens is 391 g/mol. The highest BCUT2D eigenvalue weighted by atomic mass is 32.1. The van der Waals surface area contributed by atoms with E-state index in [1.165, 1.54) is 25.0 Å². The molecule has 0 amide bonds. The van der Waals surface area contributed by atoms with Gasteiger partial charge in [0.2, 0.25) is 5.95 Å². The van der Waals surface area contributed by atoms with Crippen LogP contribution >= 0.6 is 11.3 Å². The van der Waals surface area contributed by atoms with E-state index >= 15 is 0 Å². The fraction of sp³-hybridized carbons (Fsp3) is 0.250. The zero-order valence-electron chi connectivity index (χ0n) is 15.4. The minimum Gasteiger partial charge on any atom is -0.394 e. The highest BCUT2D eigenvalue weighted by molar-refractivity contribution is 7.17. The normalized spacial score (nSPS) is 14.8. The Kier molecular flexibility index (Phi) is 4.61. The van der Waals surface area contributed by atoms with Crippen LogP contribution in [0.2, 0.25) is 0 Å². The molecule has 29 heavy (non-hydrogen) atoms. The third-order valence-corrected chi connectivity index (χ3v) is 5.75. The zero-order valence-corrected chi connectivity index (χ0v) is 16.2. The van der Waals surface area contributed by atoms with Gasteiger partial charge in [-0.2, -0.15) is 10.1 Å². The molecule has 0 radical (unpaired) electrons. The molecule has 0 spiro atoms. The van der Waals surface area contributed by atoms with E-state index in [2.05, 4.69) is 25.7 Å². The first kappa shape index (κ1) is 18.0. The Morgan fingerprint density at radius 1 is 1.17 bits per heavy atom. The first-order valence-corrected chi connectivity index (χ1v) is 10.3. The van der Waals surface area contributed by atoms with Crippen LogP contribution in [-0.4, -0.2) is 31.5 Å². The van der Waals surface area contributed by atoms with Gasteiger partial charge in [-0.05, 0) is 42.0 Å². The first-order chi connectivity index (χ1) is 14.2. The van der Waals surface area contributed by atoms with Gasteiger partial charge >= 0.3 is 0 Å². The Labute approximate surface area is 170 Å². The summed E-state index contributed by atoms with van der Waals surface area (Å²) in [5, 5.41) is 22.8. The SMILES string of the molecule is OC[C@H](Nc1nc(Nc2ccn(C3CC3)n2)c2sccc2n1)c1ccc(F)cc1. The van der Waals surface area contributed by atoms with Crippen LogP contribution in [0.3, 0.4) is 0 Å². The van der Waals surface area contributed by atoms with Gasteiger partial charge in [0.1, 0.15) is 5.82 Å². The average molecular weight is 410 g/mol. The Balaban J connectivity index is 1.43. The lowest BCUT2D eigenvalue weighted by Gasteiger charge is -2.17. The van der Waals surface area contributed by atoms with Crippen LogP contribution in [0.4, 0.5) is 22.0 Å². The summed E-state index contributed by atoms with van der Waals surface area (Å²) in [5.41, 5.74) is 1.55. The number of nitrogens with zero attached hydrogens (tertiary/aromatic N) is 4. The molecule has 1 aromatic carbocycles. The number of anilines is 3. The maximum absolute atomic E-state index is 13.2. The highest BCUT2D eigenvalue weighted by Crippen LogP contribution is 2.35. The molecule has 1 aliphatic carbocycles. The number of hydrogen-bond acceptors (Lipinski definition) is 7. The fourth-order valence-corrected chi connectivity index (χ4v) is 3.94. The van der Waals surface area contributed by atoms with Gasteiger partial charge in [0.05, 0.1) is 28.9 Å². The number of halogens is 1. The number of nitrogens with one attached hydrogen (secondary N) is 2. The second-order valence-corrected chi connectivity index (χ2v) is 7.92. The van der Waals surface area contributed by atoms with Gasteiger partial charge < -0.3 is 15.7 Å². The van der Waals surface area contributed by atoms with E-state index in [0.29, 0.717) is 17.8 Å². The van der Waals surface area contributed by atoms with Gasteiger partial charge in [-0.25, -0.2) is 9.37 Å². The van der Waals surface area contributed by atoms with Crippen LogP contribution in [0.5, 0.6) is 0 Å². The predicted octanol–water partition coefficient (Wildman–Crippen LogP) is 4.25. The molecule has 7 nitrogen and oxygen atoms in total. The minimum atomic E-state index is -0.450. The summed E-state index contributed by atoms with van der Waals surface area (Å²) < 4.78 is 16.1. The number of benzene rings is 1. The molecule has 0 bridgehead atoms. The predicted molar refractivity (Wildman–Crippen MR) is 111 cm³/mol. The van der Waals surface area contributed by atoms with E-state index in [1.54, 1.807) is 23.5 Å². The number of aliphatic hydroxyl groups is 1.